The summed E-state index contributed by atoms with van der Waals surface area (Å²) < 4.78 is 28.8. The molecule has 2 aromatic carbocycles. The Bertz CT molecular complexity index is 1390. The van der Waals surface area contributed by atoms with Gasteiger partial charge in [0.1, 0.15) is 5.82 Å². The summed E-state index contributed by atoms with van der Waals surface area (Å²) in [4.78, 5) is 5.10. The predicted molar refractivity (Wildman–Crippen MR) is 130 cm³/mol. The third-order valence-electron chi connectivity index (χ3n) is 6.18. The molecule has 0 radical (unpaired) electrons. The van der Waals surface area contributed by atoms with E-state index < -0.39 is 10.0 Å². The maximum Gasteiger partial charge on any atom is 0.268 e. The van der Waals surface area contributed by atoms with Gasteiger partial charge in [0.15, 0.2) is 0 Å². The third-order valence-corrected chi connectivity index (χ3v) is 7.87. The van der Waals surface area contributed by atoms with E-state index in [4.69, 9.17) is 4.98 Å². The van der Waals surface area contributed by atoms with Gasteiger partial charge < -0.3 is 10.6 Å². The molecule has 0 bridgehead atoms. The van der Waals surface area contributed by atoms with Crippen LogP contribution in [0.25, 0.3) is 21.8 Å². The highest BCUT2D eigenvalue weighted by Gasteiger charge is 2.24. The second-order valence-electron chi connectivity index (χ2n) is 9.46. The number of fused-ring (bicyclic) bond motifs is 3. The topological polar surface area (TPSA) is 76.0 Å². The van der Waals surface area contributed by atoms with Crippen LogP contribution in [0.5, 0.6) is 0 Å². The maximum absolute atomic E-state index is 13.7. The molecule has 0 amide bonds. The van der Waals surface area contributed by atoms with E-state index in [0.717, 1.165) is 47.2 Å². The lowest BCUT2D eigenvalue weighted by molar-refractivity contribution is 0.583. The number of nitrogens with zero attached hydrogens (tertiary/aromatic N) is 2. The first-order valence-corrected chi connectivity index (χ1v) is 12.4. The fraction of sp³-hybridized carbons (Fsp3) is 0.320. The SMILES string of the molecule is CC(C)(C)c1ccc(S(=O)(=O)n2ccc3c(NC4CCNC4)nc4ccccc4c32)cc1. The molecule has 32 heavy (non-hydrogen) atoms. The van der Waals surface area contributed by atoms with Crippen molar-refractivity contribution in [2.45, 2.75) is 43.5 Å². The average molecular weight is 449 g/mol. The molecule has 1 saturated heterocycles. The van der Waals surface area contributed by atoms with E-state index in [0.29, 0.717) is 5.52 Å². The lowest BCUT2D eigenvalue weighted by Crippen LogP contribution is -2.22. The molecule has 1 aliphatic rings. The van der Waals surface area contributed by atoms with Crippen LogP contribution in [-0.4, -0.2) is 36.5 Å². The van der Waals surface area contributed by atoms with E-state index in [-0.39, 0.29) is 16.4 Å². The highest BCUT2D eigenvalue weighted by molar-refractivity contribution is 7.90. The first kappa shape index (κ1) is 21.0. The zero-order chi connectivity index (χ0) is 22.5. The lowest BCUT2D eigenvalue weighted by Gasteiger charge is -2.19. The predicted octanol–water partition coefficient (Wildman–Crippen LogP) is 4.50. The summed E-state index contributed by atoms with van der Waals surface area (Å²) in [6.45, 7) is 8.18. The number of aromatic nitrogens is 2. The Kier molecular flexibility index (Phi) is 4.98. The van der Waals surface area contributed by atoms with Crippen molar-refractivity contribution in [2.24, 2.45) is 0 Å². The van der Waals surface area contributed by atoms with Crippen LogP contribution < -0.4 is 10.6 Å². The molecule has 1 atom stereocenters. The zero-order valence-electron chi connectivity index (χ0n) is 18.6. The molecule has 2 N–H and O–H groups in total. The van der Waals surface area contributed by atoms with Crippen LogP contribution in [0.2, 0.25) is 0 Å². The van der Waals surface area contributed by atoms with Gasteiger partial charge in [0.05, 0.1) is 15.9 Å². The number of nitrogens with one attached hydrogen (secondary N) is 2. The Balaban J connectivity index is 1.68. The summed E-state index contributed by atoms with van der Waals surface area (Å²) in [7, 11) is -3.77. The number of hydrogen-bond donors (Lipinski definition) is 2. The van der Waals surface area contributed by atoms with E-state index in [9.17, 15) is 8.42 Å². The monoisotopic (exact) mass is 448 g/mol. The highest BCUT2D eigenvalue weighted by atomic mass is 32.2. The number of pyridine rings is 1. The van der Waals surface area contributed by atoms with E-state index in [1.165, 1.54) is 3.97 Å². The molecule has 1 unspecified atom stereocenters. The average Bonchev–Trinajstić information content (AvgIpc) is 3.44. The van der Waals surface area contributed by atoms with Gasteiger partial charge in [-0.2, -0.15) is 0 Å². The third kappa shape index (κ3) is 3.55. The molecule has 7 heteroatoms. The Morgan fingerprint density at radius 3 is 2.47 bits per heavy atom. The zero-order valence-corrected chi connectivity index (χ0v) is 19.4. The van der Waals surface area contributed by atoms with Crippen molar-refractivity contribution >= 4 is 37.6 Å². The van der Waals surface area contributed by atoms with Gasteiger partial charge in [0.25, 0.3) is 10.0 Å². The van der Waals surface area contributed by atoms with Crippen LogP contribution in [0.15, 0.2) is 65.7 Å². The highest BCUT2D eigenvalue weighted by Crippen LogP contribution is 2.33. The fourth-order valence-corrected chi connectivity index (χ4v) is 5.71. The van der Waals surface area contributed by atoms with Crippen molar-refractivity contribution in [2.75, 3.05) is 18.4 Å². The van der Waals surface area contributed by atoms with Crippen molar-refractivity contribution in [1.29, 1.82) is 0 Å². The molecule has 0 aliphatic carbocycles. The van der Waals surface area contributed by atoms with Crippen LogP contribution in [-0.2, 0) is 15.4 Å². The van der Waals surface area contributed by atoms with Gasteiger partial charge in [-0.1, -0.05) is 51.1 Å². The van der Waals surface area contributed by atoms with Gasteiger partial charge in [-0.15, -0.1) is 0 Å². The maximum atomic E-state index is 13.7. The minimum atomic E-state index is -3.77. The summed E-state index contributed by atoms with van der Waals surface area (Å²) >= 11 is 0. The van der Waals surface area contributed by atoms with Gasteiger partial charge in [-0.25, -0.2) is 17.4 Å². The second kappa shape index (κ2) is 7.60. The number of para-hydroxylation sites is 1. The smallest absolute Gasteiger partial charge is 0.268 e. The molecule has 3 heterocycles. The molecule has 1 aliphatic heterocycles. The lowest BCUT2D eigenvalue weighted by atomic mass is 9.87. The summed E-state index contributed by atoms with van der Waals surface area (Å²) in [5, 5.41) is 8.50. The molecular formula is C25H28N4O2S. The van der Waals surface area contributed by atoms with Crippen molar-refractivity contribution in [3.05, 3.63) is 66.4 Å². The summed E-state index contributed by atoms with van der Waals surface area (Å²) in [5.41, 5.74) is 2.48. The Morgan fingerprint density at radius 2 is 1.78 bits per heavy atom. The van der Waals surface area contributed by atoms with Crippen molar-refractivity contribution in [3.8, 4) is 0 Å². The largest absolute Gasteiger partial charge is 0.365 e. The second-order valence-corrected chi connectivity index (χ2v) is 11.3. The van der Waals surface area contributed by atoms with Crippen LogP contribution in [0, 0.1) is 0 Å². The number of benzene rings is 2. The van der Waals surface area contributed by atoms with E-state index in [2.05, 4.69) is 31.4 Å². The molecule has 2 aromatic heterocycles. The summed E-state index contributed by atoms with van der Waals surface area (Å²) in [6, 6.07) is 17.0. The molecule has 5 rings (SSSR count). The van der Waals surface area contributed by atoms with Gasteiger partial charge in [0, 0.05) is 29.6 Å². The van der Waals surface area contributed by atoms with E-state index in [1.54, 1.807) is 18.3 Å². The number of hydrogen-bond acceptors (Lipinski definition) is 5. The first-order chi connectivity index (χ1) is 15.2. The fourth-order valence-electron chi connectivity index (χ4n) is 4.34. The minimum absolute atomic E-state index is 0.0417. The molecule has 0 spiro atoms. The quantitative estimate of drug-likeness (QED) is 0.481. The summed E-state index contributed by atoms with van der Waals surface area (Å²) in [5.74, 6) is 0.726. The van der Waals surface area contributed by atoms with E-state index in [1.807, 2.05) is 42.5 Å². The Morgan fingerprint density at radius 1 is 1.03 bits per heavy atom. The molecule has 0 saturated carbocycles. The van der Waals surface area contributed by atoms with Gasteiger partial charge >= 0.3 is 0 Å². The Labute approximate surface area is 188 Å². The van der Waals surface area contributed by atoms with Gasteiger partial charge in [-0.05, 0) is 48.2 Å². The van der Waals surface area contributed by atoms with Crippen LogP contribution in [0.4, 0.5) is 5.82 Å². The Hall–Kier alpha value is -2.90. The van der Waals surface area contributed by atoms with Gasteiger partial charge in [-0.3, -0.25) is 0 Å². The van der Waals surface area contributed by atoms with Crippen molar-refractivity contribution < 1.29 is 8.42 Å². The first-order valence-electron chi connectivity index (χ1n) is 11.0. The van der Waals surface area contributed by atoms with Crippen molar-refractivity contribution in [1.82, 2.24) is 14.3 Å². The van der Waals surface area contributed by atoms with Crippen LogP contribution in [0.3, 0.4) is 0 Å². The van der Waals surface area contributed by atoms with E-state index >= 15 is 0 Å². The molecule has 1 fully saturated rings. The van der Waals surface area contributed by atoms with Crippen LogP contribution in [0.1, 0.15) is 32.8 Å². The molecule has 166 valence electrons. The summed E-state index contributed by atoms with van der Waals surface area (Å²) in [6.07, 6.45) is 2.65. The minimum Gasteiger partial charge on any atom is -0.365 e. The standard InChI is InChI=1S/C25H28N4O2S/c1-25(2,3)17-8-10-19(11-9-17)32(30,31)29-15-13-21-23(29)20-6-4-5-7-22(20)28-24(21)27-18-12-14-26-16-18/h4-11,13,15,18,26H,12,14,16H2,1-3H3,(H,27,28). The molecule has 6 nitrogen and oxygen atoms in total. The van der Waals surface area contributed by atoms with Crippen molar-refractivity contribution in [3.63, 3.8) is 0 Å². The normalized spacial score (nSPS) is 17.3. The number of anilines is 1. The van der Waals surface area contributed by atoms with Gasteiger partial charge in [0.2, 0.25) is 0 Å². The number of rotatable bonds is 4. The molecule has 4 aromatic rings. The van der Waals surface area contributed by atoms with Crippen LogP contribution >= 0.6 is 0 Å². The molecular weight excluding hydrogens is 420 g/mol.